The van der Waals surface area contributed by atoms with E-state index in [2.05, 4.69) is 5.32 Å². The lowest BCUT2D eigenvalue weighted by Crippen LogP contribution is -2.46. The van der Waals surface area contributed by atoms with E-state index in [9.17, 15) is 22.8 Å². The second kappa shape index (κ2) is 10.3. The zero-order valence-corrected chi connectivity index (χ0v) is 18.8. The predicted octanol–water partition coefficient (Wildman–Crippen LogP) is 1.67. The van der Waals surface area contributed by atoms with E-state index in [0.29, 0.717) is 13.0 Å². The number of rotatable bonds is 8. The van der Waals surface area contributed by atoms with Crippen molar-refractivity contribution in [1.29, 1.82) is 0 Å². The number of benzene rings is 1. The van der Waals surface area contributed by atoms with Gasteiger partial charge in [0.05, 0.1) is 22.1 Å². The number of amides is 2. The number of nitrogens with zero attached hydrogens (tertiary/aromatic N) is 1. The van der Waals surface area contributed by atoms with Crippen molar-refractivity contribution in [2.24, 2.45) is 5.92 Å². The lowest BCUT2D eigenvalue weighted by molar-refractivity contribution is -0.154. The van der Waals surface area contributed by atoms with E-state index < -0.39 is 46.3 Å². The summed E-state index contributed by atoms with van der Waals surface area (Å²) in [4.78, 5) is 38.6. The summed E-state index contributed by atoms with van der Waals surface area (Å²) in [5.41, 5.74) is 0.223. The van der Waals surface area contributed by atoms with Crippen molar-refractivity contribution in [3.05, 3.63) is 34.9 Å². The maximum Gasteiger partial charge on any atom is 0.328 e. The van der Waals surface area contributed by atoms with Crippen molar-refractivity contribution >= 4 is 39.2 Å². The van der Waals surface area contributed by atoms with Crippen molar-refractivity contribution in [2.45, 2.75) is 39.3 Å². The van der Waals surface area contributed by atoms with Crippen LogP contribution in [0, 0.1) is 5.92 Å². The number of hydrogen-bond donors (Lipinski definition) is 1. The first-order valence-electron chi connectivity index (χ1n) is 9.72. The first-order chi connectivity index (χ1) is 14.0. The third kappa shape index (κ3) is 6.70. The Labute approximate surface area is 181 Å². The van der Waals surface area contributed by atoms with Crippen molar-refractivity contribution in [3.8, 4) is 0 Å². The van der Waals surface area contributed by atoms with Crippen LogP contribution in [0.1, 0.15) is 37.6 Å². The minimum atomic E-state index is -3.16. The molecule has 1 saturated heterocycles. The average molecular weight is 459 g/mol. The van der Waals surface area contributed by atoms with E-state index in [1.807, 2.05) is 13.8 Å². The minimum Gasteiger partial charge on any atom is -0.454 e. The maximum atomic E-state index is 12.6. The van der Waals surface area contributed by atoms with Gasteiger partial charge in [-0.05, 0) is 31.4 Å². The lowest BCUT2D eigenvalue weighted by atomic mass is 10.1. The van der Waals surface area contributed by atoms with Gasteiger partial charge in [0, 0.05) is 12.6 Å². The molecule has 1 aromatic rings. The van der Waals surface area contributed by atoms with Crippen LogP contribution in [0.15, 0.2) is 24.3 Å². The van der Waals surface area contributed by atoms with Gasteiger partial charge in [0.25, 0.3) is 11.8 Å². The number of nitrogens with one attached hydrogen (secondary N) is 1. The Balaban J connectivity index is 1.93. The van der Waals surface area contributed by atoms with Gasteiger partial charge in [-0.2, -0.15) is 0 Å². The van der Waals surface area contributed by atoms with Gasteiger partial charge in [-0.1, -0.05) is 37.6 Å². The zero-order chi connectivity index (χ0) is 22.5. The lowest BCUT2D eigenvalue weighted by Gasteiger charge is -2.30. The molecule has 2 amide bonds. The molecular formula is C20H27ClN2O6S. The van der Waals surface area contributed by atoms with E-state index in [0.717, 1.165) is 0 Å². The second-order valence-corrected chi connectivity index (χ2v) is 10.4. The molecule has 0 saturated carbocycles. The molecule has 2 unspecified atom stereocenters. The zero-order valence-electron chi connectivity index (χ0n) is 17.3. The summed E-state index contributed by atoms with van der Waals surface area (Å²) in [6.45, 7) is 5.13. The number of halogens is 1. The molecule has 8 nitrogen and oxygen atoms in total. The van der Waals surface area contributed by atoms with Gasteiger partial charge in [0.15, 0.2) is 16.4 Å². The number of hydrogen-bond acceptors (Lipinski definition) is 6. The summed E-state index contributed by atoms with van der Waals surface area (Å²) in [5, 5.41) is 2.74. The first kappa shape index (κ1) is 24.1. The fourth-order valence-corrected chi connectivity index (χ4v) is 5.14. The average Bonchev–Trinajstić information content (AvgIpc) is 3.03. The van der Waals surface area contributed by atoms with E-state index in [1.165, 1.54) is 17.9 Å². The molecule has 1 heterocycles. The number of esters is 1. The van der Waals surface area contributed by atoms with Crippen LogP contribution < -0.4 is 5.32 Å². The predicted molar refractivity (Wildman–Crippen MR) is 113 cm³/mol. The van der Waals surface area contributed by atoms with Crippen molar-refractivity contribution in [2.75, 3.05) is 24.7 Å². The molecule has 1 aliphatic heterocycles. The molecule has 2 rings (SSSR count). The Morgan fingerprint density at radius 1 is 1.23 bits per heavy atom. The quantitative estimate of drug-likeness (QED) is 0.593. The highest BCUT2D eigenvalue weighted by atomic mass is 35.5. The van der Waals surface area contributed by atoms with Gasteiger partial charge in [0.1, 0.15) is 6.04 Å². The van der Waals surface area contributed by atoms with Crippen LogP contribution in [0.4, 0.5) is 0 Å². The van der Waals surface area contributed by atoms with Crippen LogP contribution in [-0.4, -0.2) is 67.8 Å². The number of ether oxygens (including phenoxy) is 1. The molecule has 2 atom stereocenters. The molecule has 1 aromatic carbocycles. The monoisotopic (exact) mass is 458 g/mol. The van der Waals surface area contributed by atoms with Crippen LogP contribution in [-0.2, 0) is 24.2 Å². The number of carbonyl (C=O) groups is 3. The molecule has 1 N–H and O–H groups in total. The summed E-state index contributed by atoms with van der Waals surface area (Å²) in [5.74, 6) is -1.67. The molecule has 0 aliphatic carbocycles. The Kier molecular flexibility index (Phi) is 8.25. The van der Waals surface area contributed by atoms with Crippen molar-refractivity contribution in [1.82, 2.24) is 10.2 Å². The van der Waals surface area contributed by atoms with Gasteiger partial charge >= 0.3 is 5.97 Å². The van der Waals surface area contributed by atoms with Gasteiger partial charge in [-0.3, -0.25) is 9.59 Å². The molecule has 166 valence electrons. The minimum absolute atomic E-state index is 0.0461. The Morgan fingerprint density at radius 2 is 1.90 bits per heavy atom. The summed E-state index contributed by atoms with van der Waals surface area (Å²) in [7, 11) is -3.16. The number of sulfone groups is 1. The SMILES string of the molecule is CC(C)CN(C(=O)COC(=O)C(C)NC(=O)c1ccccc1Cl)C1CCS(=O)(=O)C1. The third-order valence-electron chi connectivity index (χ3n) is 4.69. The summed E-state index contributed by atoms with van der Waals surface area (Å²) < 4.78 is 28.6. The third-order valence-corrected chi connectivity index (χ3v) is 6.77. The van der Waals surface area contributed by atoms with Gasteiger partial charge in [-0.15, -0.1) is 0 Å². The largest absolute Gasteiger partial charge is 0.454 e. The highest BCUT2D eigenvalue weighted by molar-refractivity contribution is 7.91. The molecule has 0 bridgehead atoms. The van der Waals surface area contributed by atoms with Crippen LogP contribution in [0.3, 0.4) is 0 Å². The second-order valence-electron chi connectivity index (χ2n) is 7.78. The molecule has 30 heavy (non-hydrogen) atoms. The fourth-order valence-electron chi connectivity index (χ4n) is 3.19. The topological polar surface area (TPSA) is 110 Å². The highest BCUT2D eigenvalue weighted by Crippen LogP contribution is 2.19. The Bertz CT molecular complexity index is 902. The van der Waals surface area contributed by atoms with Gasteiger partial charge in [0.2, 0.25) is 0 Å². The van der Waals surface area contributed by atoms with Gasteiger partial charge < -0.3 is 15.0 Å². The molecule has 10 heteroatoms. The van der Waals surface area contributed by atoms with Crippen LogP contribution in [0.5, 0.6) is 0 Å². The first-order valence-corrected chi connectivity index (χ1v) is 11.9. The van der Waals surface area contributed by atoms with Gasteiger partial charge in [-0.25, -0.2) is 13.2 Å². The maximum absolute atomic E-state index is 12.6. The molecule has 1 fully saturated rings. The van der Waals surface area contributed by atoms with Crippen LogP contribution in [0.2, 0.25) is 5.02 Å². The normalized spacial score (nSPS) is 18.6. The highest BCUT2D eigenvalue weighted by Gasteiger charge is 2.35. The molecule has 0 spiro atoms. The summed E-state index contributed by atoms with van der Waals surface area (Å²) in [6.07, 6.45) is 0.374. The number of carbonyl (C=O) groups excluding carboxylic acids is 3. The fraction of sp³-hybridized carbons (Fsp3) is 0.550. The summed E-state index contributed by atoms with van der Waals surface area (Å²) >= 11 is 5.97. The van der Waals surface area contributed by atoms with E-state index in [-0.39, 0.29) is 28.0 Å². The van der Waals surface area contributed by atoms with Crippen molar-refractivity contribution in [3.63, 3.8) is 0 Å². The smallest absolute Gasteiger partial charge is 0.328 e. The Hall–Kier alpha value is -2.13. The molecule has 1 aliphatic rings. The standard InChI is InChI=1S/C20H27ClN2O6S/c1-13(2)10-23(15-8-9-30(27,28)12-15)18(24)11-29-20(26)14(3)22-19(25)16-6-4-5-7-17(16)21/h4-7,13-15H,8-12H2,1-3H3,(H,22,25). The molecular weight excluding hydrogens is 432 g/mol. The van der Waals surface area contributed by atoms with E-state index in [4.69, 9.17) is 16.3 Å². The Morgan fingerprint density at radius 3 is 2.47 bits per heavy atom. The van der Waals surface area contributed by atoms with Crippen molar-refractivity contribution < 1.29 is 27.5 Å². The molecule has 0 aromatic heterocycles. The van der Waals surface area contributed by atoms with E-state index >= 15 is 0 Å². The van der Waals surface area contributed by atoms with Crippen LogP contribution >= 0.6 is 11.6 Å². The summed E-state index contributed by atoms with van der Waals surface area (Å²) in [6, 6.07) is 5.01. The van der Waals surface area contributed by atoms with E-state index in [1.54, 1.807) is 18.2 Å². The molecule has 0 radical (unpaired) electrons. The van der Waals surface area contributed by atoms with Crippen LogP contribution in [0.25, 0.3) is 0 Å².